The Bertz CT molecular complexity index is 1280. The summed E-state index contributed by atoms with van der Waals surface area (Å²) in [6, 6.07) is 23.3. The maximum absolute atomic E-state index is 13.9. The van der Waals surface area contributed by atoms with Gasteiger partial charge in [-0.2, -0.15) is 0 Å². The third kappa shape index (κ3) is 7.02. The SMILES string of the molecule is COc1ccc(CN(C(=O)CCC2CN(C)CCC2(C)c2cccc(O)c2)[C@@H](Cc2ccccc2)C(=O)O)cc1. The van der Waals surface area contributed by atoms with Crippen LogP contribution in [0.25, 0.3) is 0 Å². The molecule has 2 unspecified atom stereocenters. The summed E-state index contributed by atoms with van der Waals surface area (Å²) in [6.07, 6.45) is 1.99. The fourth-order valence-electron chi connectivity index (χ4n) is 5.86. The number of carbonyl (C=O) groups excluding carboxylic acids is 1. The van der Waals surface area contributed by atoms with Crippen LogP contribution in [0.2, 0.25) is 0 Å². The Hall–Kier alpha value is -3.84. The second-order valence-electron chi connectivity index (χ2n) is 11.1. The molecule has 0 saturated carbocycles. The lowest BCUT2D eigenvalue weighted by Crippen LogP contribution is -2.48. The van der Waals surface area contributed by atoms with Crippen molar-refractivity contribution in [2.24, 2.45) is 5.92 Å². The van der Waals surface area contributed by atoms with E-state index in [-0.39, 0.29) is 42.4 Å². The lowest BCUT2D eigenvalue weighted by Gasteiger charge is -2.46. The summed E-state index contributed by atoms with van der Waals surface area (Å²) in [5.41, 5.74) is 2.58. The number of phenols is 1. The average molecular weight is 545 g/mol. The van der Waals surface area contributed by atoms with Gasteiger partial charge in [-0.1, -0.05) is 61.5 Å². The molecule has 0 aromatic heterocycles. The molecule has 1 aliphatic rings. The van der Waals surface area contributed by atoms with E-state index in [4.69, 9.17) is 4.74 Å². The van der Waals surface area contributed by atoms with Crippen molar-refractivity contribution < 1.29 is 24.5 Å². The predicted molar refractivity (Wildman–Crippen MR) is 155 cm³/mol. The molecular weight excluding hydrogens is 504 g/mol. The van der Waals surface area contributed by atoms with Gasteiger partial charge in [-0.25, -0.2) is 4.79 Å². The molecule has 212 valence electrons. The number of aliphatic carboxylic acids is 1. The summed E-state index contributed by atoms with van der Waals surface area (Å²) < 4.78 is 5.27. The van der Waals surface area contributed by atoms with Crippen molar-refractivity contribution in [1.82, 2.24) is 9.80 Å². The van der Waals surface area contributed by atoms with Crippen molar-refractivity contribution in [3.63, 3.8) is 0 Å². The number of carbonyl (C=O) groups is 2. The molecule has 0 bridgehead atoms. The van der Waals surface area contributed by atoms with Crippen LogP contribution in [0.1, 0.15) is 42.9 Å². The third-order valence-electron chi connectivity index (χ3n) is 8.42. The number of hydrogen-bond acceptors (Lipinski definition) is 5. The van der Waals surface area contributed by atoms with E-state index in [1.807, 2.05) is 66.7 Å². The van der Waals surface area contributed by atoms with Gasteiger partial charge in [0.2, 0.25) is 5.91 Å². The number of phenolic OH excluding ortho intramolecular Hbond substituents is 1. The number of rotatable bonds is 11. The zero-order valence-electron chi connectivity index (χ0n) is 23.6. The Labute approximate surface area is 237 Å². The van der Waals surface area contributed by atoms with Crippen LogP contribution in [0.5, 0.6) is 11.5 Å². The Morgan fingerprint density at radius 2 is 1.77 bits per heavy atom. The molecule has 3 aromatic carbocycles. The molecule has 1 heterocycles. The smallest absolute Gasteiger partial charge is 0.326 e. The van der Waals surface area contributed by atoms with Gasteiger partial charge in [-0.05, 0) is 78.7 Å². The molecule has 0 radical (unpaired) electrons. The number of carboxylic acids is 1. The first-order valence-corrected chi connectivity index (χ1v) is 13.9. The number of amides is 1. The number of ether oxygens (including phenoxy) is 1. The van der Waals surface area contributed by atoms with Gasteiger partial charge < -0.3 is 24.7 Å². The molecule has 1 amide bonds. The van der Waals surface area contributed by atoms with Crippen molar-refractivity contribution in [1.29, 1.82) is 0 Å². The van der Waals surface area contributed by atoms with Crippen molar-refractivity contribution in [3.05, 3.63) is 95.6 Å². The van der Waals surface area contributed by atoms with Crippen LogP contribution in [0.4, 0.5) is 0 Å². The number of likely N-dealkylation sites (tertiary alicyclic amines) is 1. The largest absolute Gasteiger partial charge is 0.508 e. The Morgan fingerprint density at radius 3 is 2.42 bits per heavy atom. The molecule has 40 heavy (non-hydrogen) atoms. The van der Waals surface area contributed by atoms with Crippen LogP contribution in [0.3, 0.4) is 0 Å². The minimum Gasteiger partial charge on any atom is -0.508 e. The van der Waals surface area contributed by atoms with Crippen LogP contribution in [0.15, 0.2) is 78.9 Å². The molecule has 0 aliphatic carbocycles. The van der Waals surface area contributed by atoms with Crippen LogP contribution in [0, 0.1) is 5.92 Å². The molecule has 2 N–H and O–H groups in total. The fraction of sp³-hybridized carbons (Fsp3) is 0.394. The fourth-order valence-corrected chi connectivity index (χ4v) is 5.86. The summed E-state index contributed by atoms with van der Waals surface area (Å²) in [5.74, 6) is -0.0905. The molecule has 1 fully saturated rings. The highest BCUT2D eigenvalue weighted by molar-refractivity contribution is 5.84. The molecular formula is C33H40N2O5. The minimum atomic E-state index is -1.02. The van der Waals surface area contributed by atoms with Crippen molar-refractivity contribution in [2.75, 3.05) is 27.2 Å². The number of benzene rings is 3. The molecule has 1 saturated heterocycles. The van der Waals surface area contributed by atoms with E-state index >= 15 is 0 Å². The molecule has 7 nitrogen and oxygen atoms in total. The monoisotopic (exact) mass is 544 g/mol. The van der Waals surface area contributed by atoms with E-state index in [0.717, 1.165) is 36.2 Å². The van der Waals surface area contributed by atoms with Crippen molar-refractivity contribution >= 4 is 11.9 Å². The quantitative estimate of drug-likeness (QED) is 0.349. The van der Waals surface area contributed by atoms with Crippen molar-refractivity contribution in [3.8, 4) is 11.5 Å². The van der Waals surface area contributed by atoms with Gasteiger partial charge in [0.05, 0.1) is 7.11 Å². The Morgan fingerprint density at radius 1 is 1.05 bits per heavy atom. The minimum absolute atomic E-state index is 0.164. The predicted octanol–water partition coefficient (Wildman–Crippen LogP) is 5.12. The first kappa shape index (κ1) is 29.2. The topological polar surface area (TPSA) is 90.3 Å². The van der Waals surface area contributed by atoms with Gasteiger partial charge in [0.25, 0.3) is 0 Å². The molecule has 1 aliphatic heterocycles. The van der Waals surface area contributed by atoms with Crippen LogP contribution >= 0.6 is 0 Å². The Balaban J connectivity index is 1.58. The van der Waals surface area contributed by atoms with Crippen LogP contribution < -0.4 is 4.74 Å². The first-order chi connectivity index (χ1) is 19.2. The number of piperidine rings is 1. The maximum atomic E-state index is 13.9. The number of carboxylic acid groups (broad SMARTS) is 1. The molecule has 4 rings (SSSR count). The van der Waals surface area contributed by atoms with Gasteiger partial charge in [-0.3, -0.25) is 4.79 Å². The van der Waals surface area contributed by atoms with E-state index in [1.165, 1.54) is 4.90 Å². The number of aromatic hydroxyl groups is 1. The molecule has 3 atom stereocenters. The van der Waals surface area contributed by atoms with Gasteiger partial charge in [0.1, 0.15) is 17.5 Å². The van der Waals surface area contributed by atoms with Gasteiger partial charge >= 0.3 is 5.97 Å². The summed E-state index contributed by atoms with van der Waals surface area (Å²) in [7, 11) is 3.69. The number of methoxy groups -OCH3 is 1. The zero-order valence-corrected chi connectivity index (χ0v) is 23.6. The summed E-state index contributed by atoms with van der Waals surface area (Å²) in [6.45, 7) is 4.16. The standard InChI is InChI=1S/C33H40N2O5/c1-33(26-10-7-11-28(36)21-26)18-19-34(2)23-27(33)14-17-31(37)35(22-25-12-15-29(40-3)16-13-25)30(32(38)39)20-24-8-5-4-6-9-24/h4-13,15-16,21,27,30,36H,14,17-20,22-23H2,1-3H3,(H,38,39)/t27?,30-,33?/m0/s1. The summed E-state index contributed by atoms with van der Waals surface area (Å²) in [4.78, 5) is 30.3. The van der Waals surface area contributed by atoms with Crippen LogP contribution in [-0.4, -0.2) is 65.2 Å². The lowest BCUT2D eigenvalue weighted by molar-refractivity contribution is -0.151. The van der Waals surface area contributed by atoms with Gasteiger partial charge in [0, 0.05) is 25.9 Å². The Kier molecular flexibility index (Phi) is 9.48. The third-order valence-corrected chi connectivity index (χ3v) is 8.42. The highest BCUT2D eigenvalue weighted by atomic mass is 16.5. The molecule has 7 heteroatoms. The number of nitrogens with zero attached hydrogens (tertiary/aromatic N) is 2. The summed E-state index contributed by atoms with van der Waals surface area (Å²) in [5, 5.41) is 20.4. The average Bonchev–Trinajstić information content (AvgIpc) is 2.96. The van der Waals surface area contributed by atoms with Gasteiger partial charge in [-0.15, -0.1) is 0 Å². The lowest BCUT2D eigenvalue weighted by atomic mass is 9.66. The first-order valence-electron chi connectivity index (χ1n) is 13.9. The van der Waals surface area contributed by atoms with E-state index < -0.39 is 12.0 Å². The summed E-state index contributed by atoms with van der Waals surface area (Å²) >= 11 is 0. The van der Waals surface area contributed by atoms with Crippen molar-refractivity contribution in [2.45, 2.75) is 50.6 Å². The molecule has 3 aromatic rings. The zero-order chi connectivity index (χ0) is 28.7. The van der Waals surface area contributed by atoms with Crippen LogP contribution in [-0.2, 0) is 28.0 Å². The van der Waals surface area contributed by atoms with E-state index in [9.17, 15) is 19.8 Å². The maximum Gasteiger partial charge on any atom is 0.326 e. The van der Waals surface area contributed by atoms with Gasteiger partial charge in [0.15, 0.2) is 0 Å². The second kappa shape index (κ2) is 13.0. The number of hydrogen-bond donors (Lipinski definition) is 2. The normalized spacial score (nSPS) is 20.0. The highest BCUT2D eigenvalue weighted by Gasteiger charge is 2.40. The second-order valence-corrected chi connectivity index (χ2v) is 11.1. The highest BCUT2D eigenvalue weighted by Crippen LogP contribution is 2.42. The molecule has 0 spiro atoms. The van der Waals surface area contributed by atoms with E-state index in [1.54, 1.807) is 13.2 Å². The van der Waals surface area contributed by atoms with E-state index in [0.29, 0.717) is 12.2 Å². The van der Waals surface area contributed by atoms with E-state index in [2.05, 4.69) is 24.9 Å².